The Morgan fingerprint density at radius 2 is 1.67 bits per heavy atom. The number of aromatic amines is 1. The van der Waals surface area contributed by atoms with Gasteiger partial charge in [-0.15, -0.1) is 0 Å². The molecule has 5 heteroatoms. The molecule has 2 aromatic carbocycles. The molecule has 3 aromatic rings. The fourth-order valence-corrected chi connectivity index (χ4v) is 4.00. The van der Waals surface area contributed by atoms with Gasteiger partial charge >= 0.3 is 0 Å². The van der Waals surface area contributed by atoms with Gasteiger partial charge in [-0.25, -0.2) is 0 Å². The molecular weight excluding hydrogens is 402 g/mol. The van der Waals surface area contributed by atoms with Crippen molar-refractivity contribution in [2.75, 3.05) is 0 Å². The number of nitrogens with zero attached hydrogens (tertiary/aromatic N) is 2. The van der Waals surface area contributed by atoms with E-state index < -0.39 is 0 Å². The second-order valence-electron chi connectivity index (χ2n) is 8.03. The number of amides is 1. The zero-order chi connectivity index (χ0) is 19.3. The van der Waals surface area contributed by atoms with Gasteiger partial charge in [0.2, 0.25) is 0 Å². The number of aromatic nitrogens is 2. The predicted molar refractivity (Wildman–Crippen MR) is 111 cm³/mol. The van der Waals surface area contributed by atoms with Crippen molar-refractivity contribution >= 4 is 21.8 Å². The summed E-state index contributed by atoms with van der Waals surface area (Å²) in [4.78, 5) is 15.2. The molecule has 0 aliphatic carbocycles. The van der Waals surface area contributed by atoms with Crippen LogP contribution in [-0.4, -0.2) is 26.5 Å². The molecule has 1 aromatic heterocycles. The van der Waals surface area contributed by atoms with Gasteiger partial charge < -0.3 is 4.90 Å². The highest BCUT2D eigenvalue weighted by Crippen LogP contribution is 2.45. The van der Waals surface area contributed by atoms with Crippen LogP contribution in [0, 0.1) is 6.92 Å². The van der Waals surface area contributed by atoms with Crippen molar-refractivity contribution in [1.82, 2.24) is 15.1 Å². The molecule has 138 valence electrons. The second kappa shape index (κ2) is 6.34. The lowest BCUT2D eigenvalue weighted by Gasteiger charge is -2.37. The highest BCUT2D eigenvalue weighted by atomic mass is 79.9. The zero-order valence-corrected chi connectivity index (χ0v) is 17.5. The van der Waals surface area contributed by atoms with Crippen LogP contribution in [0.2, 0.25) is 0 Å². The molecule has 1 unspecified atom stereocenters. The minimum atomic E-state index is -0.320. The number of aryl methyl sites for hydroxylation is 1. The molecule has 4 rings (SSSR count). The highest BCUT2D eigenvalue weighted by Gasteiger charge is 2.46. The van der Waals surface area contributed by atoms with Crippen molar-refractivity contribution in [2.24, 2.45) is 0 Å². The summed E-state index contributed by atoms with van der Waals surface area (Å²) in [6.45, 7) is 8.28. The summed E-state index contributed by atoms with van der Waals surface area (Å²) in [5.41, 5.74) is 5.37. The lowest BCUT2D eigenvalue weighted by atomic mass is 9.93. The molecule has 0 fully saturated rings. The fourth-order valence-electron chi connectivity index (χ4n) is 3.73. The molecule has 1 aliphatic rings. The summed E-state index contributed by atoms with van der Waals surface area (Å²) >= 11 is 3.50. The van der Waals surface area contributed by atoms with Gasteiger partial charge in [-0.2, -0.15) is 5.10 Å². The van der Waals surface area contributed by atoms with Gasteiger partial charge in [-0.05, 0) is 45.4 Å². The Kier molecular flexibility index (Phi) is 4.22. The lowest BCUT2D eigenvalue weighted by Crippen LogP contribution is -2.44. The van der Waals surface area contributed by atoms with Crippen molar-refractivity contribution in [1.29, 1.82) is 0 Å². The Labute approximate surface area is 167 Å². The summed E-state index contributed by atoms with van der Waals surface area (Å²) in [5, 5.41) is 7.53. The maximum Gasteiger partial charge on any atom is 0.273 e. The summed E-state index contributed by atoms with van der Waals surface area (Å²) in [5.74, 6) is -0.00344. The van der Waals surface area contributed by atoms with E-state index in [0.29, 0.717) is 5.69 Å². The monoisotopic (exact) mass is 423 g/mol. The number of hydrogen-bond donors (Lipinski definition) is 1. The Morgan fingerprint density at radius 3 is 2.26 bits per heavy atom. The molecular formula is C22H22BrN3O. The SMILES string of the molecule is Cc1ccc(-c2n[nH]c3c2C(c2ccc(Br)cc2)N(C(C)(C)C)C3=O)cc1. The van der Waals surface area contributed by atoms with Crippen LogP contribution >= 0.6 is 15.9 Å². The van der Waals surface area contributed by atoms with Crippen LogP contribution < -0.4 is 0 Å². The third-order valence-corrected chi connectivity index (χ3v) is 5.53. The smallest absolute Gasteiger partial charge is 0.273 e. The topological polar surface area (TPSA) is 49.0 Å². The van der Waals surface area contributed by atoms with Crippen molar-refractivity contribution in [3.63, 3.8) is 0 Å². The van der Waals surface area contributed by atoms with E-state index in [2.05, 4.69) is 90.2 Å². The van der Waals surface area contributed by atoms with E-state index >= 15 is 0 Å². The fraction of sp³-hybridized carbons (Fsp3) is 0.273. The van der Waals surface area contributed by atoms with Crippen LogP contribution in [0.15, 0.2) is 53.0 Å². The Morgan fingerprint density at radius 1 is 1.04 bits per heavy atom. The van der Waals surface area contributed by atoms with E-state index in [1.165, 1.54) is 5.56 Å². The highest BCUT2D eigenvalue weighted by molar-refractivity contribution is 9.10. The number of fused-ring (bicyclic) bond motifs is 1. The average Bonchev–Trinajstić information content (AvgIpc) is 3.15. The number of carbonyl (C=O) groups excluding carboxylic acids is 1. The predicted octanol–water partition coefficient (Wildman–Crippen LogP) is 5.49. The molecule has 1 aliphatic heterocycles. The van der Waals surface area contributed by atoms with Crippen molar-refractivity contribution in [3.05, 3.63) is 75.4 Å². The minimum Gasteiger partial charge on any atom is -0.321 e. The largest absolute Gasteiger partial charge is 0.321 e. The summed E-state index contributed by atoms with van der Waals surface area (Å²) in [6, 6.07) is 16.3. The Balaban J connectivity index is 1.93. The third-order valence-electron chi connectivity index (χ3n) is 5.00. The minimum absolute atomic E-state index is 0.00344. The lowest BCUT2D eigenvalue weighted by molar-refractivity contribution is 0.0546. The number of rotatable bonds is 2. The number of hydrogen-bond acceptors (Lipinski definition) is 2. The van der Waals surface area contributed by atoms with Gasteiger partial charge in [0.1, 0.15) is 5.69 Å². The Hall–Kier alpha value is -2.40. The van der Waals surface area contributed by atoms with Gasteiger partial charge in [0.15, 0.2) is 0 Å². The molecule has 1 amide bonds. The molecule has 1 N–H and O–H groups in total. The molecule has 0 spiro atoms. The molecule has 0 radical (unpaired) electrons. The molecule has 0 bridgehead atoms. The van der Waals surface area contributed by atoms with E-state index in [1.54, 1.807) is 0 Å². The van der Waals surface area contributed by atoms with E-state index in [-0.39, 0.29) is 17.5 Å². The van der Waals surface area contributed by atoms with Gasteiger partial charge in [0.25, 0.3) is 5.91 Å². The molecule has 27 heavy (non-hydrogen) atoms. The van der Waals surface area contributed by atoms with Gasteiger partial charge in [0.05, 0.1) is 11.7 Å². The normalized spacial score (nSPS) is 16.7. The van der Waals surface area contributed by atoms with Crippen molar-refractivity contribution < 1.29 is 4.79 Å². The average molecular weight is 424 g/mol. The van der Waals surface area contributed by atoms with Gasteiger partial charge in [-0.3, -0.25) is 9.89 Å². The van der Waals surface area contributed by atoms with E-state index in [1.807, 2.05) is 17.0 Å². The van der Waals surface area contributed by atoms with Crippen LogP contribution in [0.1, 0.15) is 54.0 Å². The maximum absolute atomic E-state index is 13.2. The molecule has 0 saturated heterocycles. The van der Waals surface area contributed by atoms with E-state index in [4.69, 9.17) is 0 Å². The number of halogens is 1. The maximum atomic E-state index is 13.2. The van der Waals surface area contributed by atoms with Crippen LogP contribution in [0.3, 0.4) is 0 Å². The number of nitrogens with one attached hydrogen (secondary N) is 1. The summed E-state index contributed by atoms with van der Waals surface area (Å²) in [6.07, 6.45) is 0. The first-order valence-corrected chi connectivity index (χ1v) is 9.81. The number of carbonyl (C=O) groups is 1. The van der Waals surface area contributed by atoms with Gasteiger partial charge in [-0.1, -0.05) is 57.9 Å². The first-order valence-electron chi connectivity index (χ1n) is 9.02. The molecule has 1 atom stereocenters. The standard InChI is InChI=1S/C22H22BrN3O/c1-13-5-7-14(8-6-13)18-17-19(25-24-18)21(27)26(22(2,3)4)20(17)15-9-11-16(23)12-10-15/h5-12,20H,1-4H3,(H,24,25). The van der Waals surface area contributed by atoms with Crippen LogP contribution in [-0.2, 0) is 0 Å². The van der Waals surface area contributed by atoms with Crippen molar-refractivity contribution in [3.8, 4) is 11.3 Å². The van der Waals surface area contributed by atoms with E-state index in [9.17, 15) is 4.79 Å². The first kappa shape index (κ1) is 18.0. The number of H-pyrrole nitrogens is 1. The third kappa shape index (κ3) is 3.00. The summed E-state index contributed by atoms with van der Waals surface area (Å²) in [7, 11) is 0. The van der Waals surface area contributed by atoms with Gasteiger partial charge in [0, 0.05) is 21.1 Å². The van der Waals surface area contributed by atoms with Crippen LogP contribution in [0.25, 0.3) is 11.3 Å². The van der Waals surface area contributed by atoms with Crippen molar-refractivity contribution in [2.45, 2.75) is 39.3 Å². The second-order valence-corrected chi connectivity index (χ2v) is 8.94. The quantitative estimate of drug-likeness (QED) is 0.591. The summed E-state index contributed by atoms with van der Waals surface area (Å²) < 4.78 is 1.02. The van der Waals surface area contributed by atoms with Crippen LogP contribution in [0.5, 0.6) is 0 Å². The first-order chi connectivity index (χ1) is 12.8. The Bertz CT molecular complexity index is 998. The van der Waals surface area contributed by atoms with Crippen LogP contribution in [0.4, 0.5) is 0 Å². The number of benzene rings is 2. The molecule has 4 nitrogen and oxygen atoms in total. The molecule has 0 saturated carbocycles. The van der Waals surface area contributed by atoms with E-state index in [0.717, 1.165) is 26.9 Å². The zero-order valence-electron chi connectivity index (χ0n) is 15.9. The molecule has 2 heterocycles.